The lowest BCUT2D eigenvalue weighted by Gasteiger charge is -2.12. The van der Waals surface area contributed by atoms with Crippen LogP contribution in [0.5, 0.6) is 11.5 Å². The lowest BCUT2D eigenvalue weighted by molar-refractivity contribution is 0.417. The number of nitrogens with zero attached hydrogens (tertiary/aromatic N) is 2. The lowest BCUT2D eigenvalue weighted by atomic mass is 10.0. The fourth-order valence-electron chi connectivity index (χ4n) is 5.79. The first-order valence-corrected chi connectivity index (χ1v) is 14.3. The van der Waals surface area contributed by atoms with Gasteiger partial charge in [0.1, 0.15) is 11.5 Å². The molecule has 4 nitrogen and oxygen atoms in total. The normalized spacial score (nSPS) is 12.1. The Hall–Kier alpha value is -3.22. The summed E-state index contributed by atoms with van der Waals surface area (Å²) in [5, 5.41) is 4.75. The molecule has 192 valence electrons. The van der Waals surface area contributed by atoms with Gasteiger partial charge >= 0.3 is 0 Å². The third-order valence-electron chi connectivity index (χ3n) is 7.44. The summed E-state index contributed by atoms with van der Waals surface area (Å²) in [5.41, 5.74) is 6.73. The van der Waals surface area contributed by atoms with E-state index in [1.54, 1.807) is 14.2 Å². The zero-order valence-corrected chi connectivity index (χ0v) is 25.0. The maximum absolute atomic E-state index is 5.92. The molecule has 2 aromatic heterocycles. The molecule has 0 saturated heterocycles. The molecule has 6 aromatic rings. The van der Waals surface area contributed by atoms with Crippen molar-refractivity contribution in [3.63, 3.8) is 0 Å². The van der Waals surface area contributed by atoms with E-state index in [9.17, 15) is 0 Å². The molecule has 0 aliphatic heterocycles. The third-order valence-corrected chi connectivity index (χ3v) is 9.15. The van der Waals surface area contributed by atoms with E-state index in [1.165, 1.54) is 32.6 Å². The number of benzene rings is 4. The minimum Gasteiger partial charge on any atom is -0.495 e. The summed E-state index contributed by atoms with van der Waals surface area (Å²) in [6, 6.07) is 21.3. The molecule has 0 atom stereocenters. The van der Waals surface area contributed by atoms with Gasteiger partial charge < -0.3 is 18.6 Å². The van der Waals surface area contributed by atoms with Crippen LogP contribution in [-0.4, -0.2) is 23.4 Å². The van der Waals surface area contributed by atoms with Crippen molar-refractivity contribution in [1.82, 2.24) is 9.13 Å². The summed E-state index contributed by atoms with van der Waals surface area (Å²) in [5.74, 6) is 1.72. The zero-order valence-electron chi connectivity index (χ0n) is 21.8. The molecular formula is C32H28Br2N2O2. The second-order valence-electron chi connectivity index (χ2n) is 9.27. The second kappa shape index (κ2) is 9.83. The van der Waals surface area contributed by atoms with Crippen LogP contribution in [0.2, 0.25) is 0 Å². The molecule has 2 heterocycles. The van der Waals surface area contributed by atoms with E-state index < -0.39 is 0 Å². The number of hydrogen-bond acceptors (Lipinski definition) is 2. The molecule has 0 N–H and O–H groups in total. The van der Waals surface area contributed by atoms with Gasteiger partial charge in [-0.3, -0.25) is 0 Å². The number of halogens is 2. The highest BCUT2D eigenvalue weighted by molar-refractivity contribution is 9.11. The first kappa shape index (κ1) is 25.1. The quantitative estimate of drug-likeness (QED) is 0.171. The molecule has 4 aromatic carbocycles. The molecular weight excluding hydrogens is 604 g/mol. The SMILES string of the molecule is CCn1c2ccccc2c2c(Br)c(/C=C/c3cc(OC)c4c(c3Br)c3ccccc3n4CC)cc(OC)c21. The van der Waals surface area contributed by atoms with Gasteiger partial charge in [-0.25, -0.2) is 0 Å². The van der Waals surface area contributed by atoms with E-state index in [0.29, 0.717) is 0 Å². The Balaban J connectivity index is 1.59. The summed E-state index contributed by atoms with van der Waals surface area (Å²) in [4.78, 5) is 0. The van der Waals surface area contributed by atoms with Gasteiger partial charge in [0.15, 0.2) is 0 Å². The van der Waals surface area contributed by atoms with Gasteiger partial charge in [-0.2, -0.15) is 0 Å². The van der Waals surface area contributed by atoms with Gasteiger partial charge in [-0.1, -0.05) is 48.6 Å². The van der Waals surface area contributed by atoms with E-state index in [2.05, 4.69) is 128 Å². The molecule has 0 amide bonds. The lowest BCUT2D eigenvalue weighted by Crippen LogP contribution is -1.97. The zero-order chi connectivity index (χ0) is 26.6. The summed E-state index contributed by atoms with van der Waals surface area (Å²) >= 11 is 7.91. The Bertz CT molecular complexity index is 1760. The van der Waals surface area contributed by atoms with Gasteiger partial charge in [-0.05, 0) is 81.1 Å². The number of para-hydroxylation sites is 2. The van der Waals surface area contributed by atoms with Crippen molar-refractivity contribution in [3.8, 4) is 11.5 Å². The van der Waals surface area contributed by atoms with Crippen LogP contribution < -0.4 is 9.47 Å². The monoisotopic (exact) mass is 630 g/mol. The molecule has 6 heteroatoms. The molecule has 0 bridgehead atoms. The van der Waals surface area contributed by atoms with Crippen molar-refractivity contribution in [2.75, 3.05) is 14.2 Å². The first-order valence-electron chi connectivity index (χ1n) is 12.8. The number of aryl methyl sites for hydroxylation is 2. The van der Waals surface area contributed by atoms with Gasteiger partial charge in [0, 0.05) is 54.6 Å². The Morgan fingerprint density at radius 3 is 1.42 bits per heavy atom. The largest absolute Gasteiger partial charge is 0.495 e. The number of hydrogen-bond donors (Lipinski definition) is 0. The first-order chi connectivity index (χ1) is 18.5. The van der Waals surface area contributed by atoms with E-state index in [1.807, 2.05) is 0 Å². The summed E-state index contributed by atoms with van der Waals surface area (Å²) in [7, 11) is 3.49. The third kappa shape index (κ3) is 3.61. The average Bonchev–Trinajstić information content (AvgIpc) is 3.47. The topological polar surface area (TPSA) is 28.3 Å². The van der Waals surface area contributed by atoms with Crippen molar-refractivity contribution < 1.29 is 9.47 Å². The summed E-state index contributed by atoms with van der Waals surface area (Å²) in [6.07, 6.45) is 4.29. The van der Waals surface area contributed by atoms with Crippen LogP contribution in [0.3, 0.4) is 0 Å². The molecule has 0 spiro atoms. The predicted octanol–water partition coefficient (Wildman–Crippen LogP) is 9.65. The summed E-state index contributed by atoms with van der Waals surface area (Å²) in [6.45, 7) is 6.06. The molecule has 0 fully saturated rings. The fourth-order valence-corrected chi connectivity index (χ4v) is 7.08. The number of aromatic nitrogens is 2. The smallest absolute Gasteiger partial charge is 0.143 e. The van der Waals surface area contributed by atoms with E-state index in [4.69, 9.17) is 9.47 Å². The Labute approximate surface area is 238 Å². The molecule has 38 heavy (non-hydrogen) atoms. The van der Waals surface area contributed by atoms with Crippen LogP contribution in [0.25, 0.3) is 55.8 Å². The molecule has 0 aliphatic carbocycles. The van der Waals surface area contributed by atoms with Crippen LogP contribution in [0.1, 0.15) is 25.0 Å². The maximum Gasteiger partial charge on any atom is 0.143 e. The standard InChI is InChI=1S/C32H28Br2N2O2/c1-5-35-23-13-9-7-11-21(23)27-29(33)19(17-25(37-3)31(27)35)15-16-20-18-26(38-4)32-28(30(20)34)22-12-8-10-14-24(22)36(32)6-2/h7-18H,5-6H2,1-4H3/b16-15+. The van der Waals surface area contributed by atoms with Gasteiger partial charge in [-0.15, -0.1) is 0 Å². The van der Waals surface area contributed by atoms with E-state index in [-0.39, 0.29) is 0 Å². The highest BCUT2D eigenvalue weighted by Gasteiger charge is 2.20. The van der Waals surface area contributed by atoms with Crippen molar-refractivity contribution in [2.45, 2.75) is 26.9 Å². The highest BCUT2D eigenvalue weighted by atomic mass is 79.9. The number of rotatable bonds is 6. The molecule has 0 saturated carbocycles. The van der Waals surface area contributed by atoms with E-state index >= 15 is 0 Å². The van der Waals surface area contributed by atoms with Crippen LogP contribution in [-0.2, 0) is 13.1 Å². The van der Waals surface area contributed by atoms with Crippen LogP contribution in [0, 0.1) is 0 Å². The number of fused-ring (bicyclic) bond motifs is 6. The van der Waals surface area contributed by atoms with Crippen LogP contribution >= 0.6 is 31.9 Å². The fraction of sp³-hybridized carbons (Fsp3) is 0.188. The Morgan fingerprint density at radius 1 is 0.658 bits per heavy atom. The minimum absolute atomic E-state index is 0.860. The number of ether oxygens (including phenoxy) is 2. The molecule has 0 unspecified atom stereocenters. The van der Waals surface area contributed by atoms with E-state index in [0.717, 1.165) is 55.7 Å². The van der Waals surface area contributed by atoms with Gasteiger partial charge in [0.2, 0.25) is 0 Å². The highest BCUT2D eigenvalue weighted by Crippen LogP contribution is 2.44. The minimum atomic E-state index is 0.860. The maximum atomic E-state index is 5.92. The Morgan fingerprint density at radius 2 is 1.05 bits per heavy atom. The van der Waals surface area contributed by atoms with Gasteiger partial charge in [0.25, 0.3) is 0 Å². The molecule has 0 radical (unpaired) electrons. The van der Waals surface area contributed by atoms with Crippen molar-refractivity contribution in [3.05, 3.63) is 80.7 Å². The van der Waals surface area contributed by atoms with Crippen molar-refractivity contribution >= 4 is 87.6 Å². The van der Waals surface area contributed by atoms with Crippen LogP contribution in [0.4, 0.5) is 0 Å². The van der Waals surface area contributed by atoms with Gasteiger partial charge in [0.05, 0.1) is 25.3 Å². The van der Waals surface area contributed by atoms with Crippen molar-refractivity contribution in [1.29, 1.82) is 0 Å². The Kier molecular flexibility index (Phi) is 6.48. The predicted molar refractivity (Wildman–Crippen MR) is 168 cm³/mol. The average molecular weight is 632 g/mol. The molecule has 6 rings (SSSR count). The van der Waals surface area contributed by atoms with Crippen LogP contribution in [0.15, 0.2) is 69.6 Å². The second-order valence-corrected chi connectivity index (χ2v) is 10.9. The number of methoxy groups -OCH3 is 2. The molecule has 0 aliphatic rings. The van der Waals surface area contributed by atoms with Crippen molar-refractivity contribution in [2.24, 2.45) is 0 Å². The summed E-state index contributed by atoms with van der Waals surface area (Å²) < 4.78 is 18.6.